The Morgan fingerprint density at radius 2 is 1.83 bits per heavy atom. The van der Waals surface area contributed by atoms with Gasteiger partial charge < -0.3 is 5.32 Å². The van der Waals surface area contributed by atoms with Crippen molar-refractivity contribution in [3.05, 3.63) is 29.3 Å². The van der Waals surface area contributed by atoms with Gasteiger partial charge in [-0.2, -0.15) is 4.31 Å². The molecule has 0 saturated carbocycles. The van der Waals surface area contributed by atoms with E-state index in [2.05, 4.69) is 19.2 Å². The van der Waals surface area contributed by atoms with Gasteiger partial charge in [0.2, 0.25) is 15.9 Å². The van der Waals surface area contributed by atoms with Crippen LogP contribution >= 0.6 is 0 Å². The van der Waals surface area contributed by atoms with Crippen molar-refractivity contribution in [2.45, 2.75) is 47.0 Å². The molecule has 0 fully saturated rings. The fraction of sp³-hybridized carbons (Fsp3) is 0.611. The maximum Gasteiger partial charge on any atom is 0.239 e. The fourth-order valence-corrected chi connectivity index (χ4v) is 3.23. The Hall–Kier alpha value is -1.40. The molecule has 0 atom stereocenters. The van der Waals surface area contributed by atoms with Gasteiger partial charge in [0.15, 0.2) is 0 Å². The number of nitrogens with zero attached hydrogens (tertiary/aromatic N) is 1. The largest absolute Gasteiger partial charge is 0.324 e. The molecule has 0 heterocycles. The van der Waals surface area contributed by atoms with E-state index in [1.807, 2.05) is 39.0 Å². The number of carbonyl (C=O) groups is 1. The van der Waals surface area contributed by atoms with Crippen LogP contribution in [0.5, 0.6) is 0 Å². The van der Waals surface area contributed by atoms with Gasteiger partial charge in [0, 0.05) is 12.2 Å². The Morgan fingerprint density at radius 1 is 1.21 bits per heavy atom. The molecule has 24 heavy (non-hydrogen) atoms. The summed E-state index contributed by atoms with van der Waals surface area (Å²) in [4.78, 5) is 12.4. The molecule has 136 valence electrons. The third-order valence-electron chi connectivity index (χ3n) is 3.94. The van der Waals surface area contributed by atoms with E-state index in [0.717, 1.165) is 29.5 Å². The van der Waals surface area contributed by atoms with Gasteiger partial charge >= 0.3 is 0 Å². The average molecular weight is 355 g/mol. The van der Waals surface area contributed by atoms with Crippen molar-refractivity contribution in [2.24, 2.45) is 5.92 Å². The van der Waals surface area contributed by atoms with Crippen LogP contribution in [0.15, 0.2) is 18.2 Å². The maximum atomic E-state index is 12.4. The highest BCUT2D eigenvalue weighted by molar-refractivity contribution is 7.88. The minimum atomic E-state index is -3.41. The summed E-state index contributed by atoms with van der Waals surface area (Å²) in [6, 6.07) is 5.89. The maximum absolute atomic E-state index is 12.4. The molecule has 0 aromatic heterocycles. The number of aryl methyl sites for hydroxylation is 1. The number of carbonyl (C=O) groups excluding carboxylic acids is 1. The molecule has 1 aromatic carbocycles. The predicted molar refractivity (Wildman–Crippen MR) is 99.8 cm³/mol. The Kier molecular flexibility index (Phi) is 7.42. The van der Waals surface area contributed by atoms with E-state index in [1.165, 1.54) is 4.31 Å². The summed E-state index contributed by atoms with van der Waals surface area (Å²) in [5.74, 6) is 0.341. The Labute approximate surface area is 146 Å². The van der Waals surface area contributed by atoms with Crippen molar-refractivity contribution in [3.8, 4) is 0 Å². The molecule has 0 saturated heterocycles. The molecule has 0 radical (unpaired) electrons. The van der Waals surface area contributed by atoms with Crippen LogP contribution in [0.1, 0.15) is 51.2 Å². The van der Waals surface area contributed by atoms with Crippen LogP contribution in [-0.2, 0) is 14.8 Å². The van der Waals surface area contributed by atoms with Gasteiger partial charge in [0.05, 0.1) is 12.8 Å². The molecule has 0 aliphatic rings. The normalized spacial score (nSPS) is 12.2. The molecule has 1 N–H and O–H groups in total. The number of nitrogens with one attached hydrogen (secondary N) is 1. The molecular weight excluding hydrogens is 324 g/mol. The van der Waals surface area contributed by atoms with Gasteiger partial charge in [-0.3, -0.25) is 4.79 Å². The Balaban J connectivity index is 2.91. The molecule has 1 rings (SSSR count). The van der Waals surface area contributed by atoms with Crippen molar-refractivity contribution in [1.29, 1.82) is 0 Å². The summed E-state index contributed by atoms with van der Waals surface area (Å²) in [5.41, 5.74) is 2.81. The second kappa shape index (κ2) is 8.62. The zero-order valence-corrected chi connectivity index (χ0v) is 16.4. The van der Waals surface area contributed by atoms with Crippen LogP contribution in [0.25, 0.3) is 0 Å². The molecule has 1 amide bonds. The van der Waals surface area contributed by atoms with Gasteiger partial charge in [0.25, 0.3) is 0 Å². The van der Waals surface area contributed by atoms with Gasteiger partial charge in [-0.15, -0.1) is 0 Å². The number of rotatable bonds is 8. The monoisotopic (exact) mass is 354 g/mol. The fourth-order valence-electron chi connectivity index (χ4n) is 2.45. The van der Waals surface area contributed by atoms with E-state index in [0.29, 0.717) is 12.5 Å². The summed E-state index contributed by atoms with van der Waals surface area (Å²) in [5, 5.41) is 2.91. The first-order valence-electron chi connectivity index (χ1n) is 8.36. The van der Waals surface area contributed by atoms with E-state index in [-0.39, 0.29) is 18.4 Å². The van der Waals surface area contributed by atoms with Crippen LogP contribution in [0, 0.1) is 12.8 Å². The smallest absolute Gasteiger partial charge is 0.239 e. The van der Waals surface area contributed by atoms with Crippen LogP contribution in [0.2, 0.25) is 0 Å². The molecule has 0 aliphatic carbocycles. The van der Waals surface area contributed by atoms with Gasteiger partial charge in [-0.05, 0) is 36.3 Å². The highest BCUT2D eigenvalue weighted by Gasteiger charge is 2.21. The predicted octanol–water partition coefficient (Wildman–Crippen LogP) is 3.36. The summed E-state index contributed by atoms with van der Waals surface area (Å²) in [6.07, 6.45) is 1.87. The average Bonchev–Trinajstić information content (AvgIpc) is 2.43. The van der Waals surface area contributed by atoms with E-state index >= 15 is 0 Å². The molecule has 0 unspecified atom stereocenters. The molecule has 0 bridgehead atoms. The van der Waals surface area contributed by atoms with E-state index < -0.39 is 10.0 Å². The van der Waals surface area contributed by atoms with Gasteiger partial charge in [0.1, 0.15) is 0 Å². The second-order valence-electron chi connectivity index (χ2n) is 7.02. The number of hydrogen-bond donors (Lipinski definition) is 1. The minimum Gasteiger partial charge on any atom is -0.324 e. The summed E-state index contributed by atoms with van der Waals surface area (Å²) >= 11 is 0. The first-order valence-corrected chi connectivity index (χ1v) is 10.2. The van der Waals surface area contributed by atoms with Crippen molar-refractivity contribution in [2.75, 3.05) is 24.7 Å². The van der Waals surface area contributed by atoms with E-state index in [4.69, 9.17) is 0 Å². The quantitative estimate of drug-likeness (QED) is 0.778. The summed E-state index contributed by atoms with van der Waals surface area (Å²) < 4.78 is 25.1. The van der Waals surface area contributed by atoms with Crippen molar-refractivity contribution in [1.82, 2.24) is 4.31 Å². The number of anilines is 1. The summed E-state index contributed by atoms with van der Waals surface area (Å²) in [7, 11) is -3.41. The zero-order valence-electron chi connectivity index (χ0n) is 15.6. The number of hydrogen-bond acceptors (Lipinski definition) is 3. The first kappa shape index (κ1) is 20.6. The van der Waals surface area contributed by atoms with E-state index in [1.54, 1.807) is 0 Å². The Morgan fingerprint density at radius 3 is 2.33 bits per heavy atom. The van der Waals surface area contributed by atoms with Crippen molar-refractivity contribution >= 4 is 21.6 Å². The van der Waals surface area contributed by atoms with Crippen LogP contribution in [0.3, 0.4) is 0 Å². The molecule has 0 aliphatic heterocycles. The summed E-state index contributed by atoms with van der Waals surface area (Å²) in [6.45, 7) is 10.3. The minimum absolute atomic E-state index is 0.155. The van der Waals surface area contributed by atoms with Gasteiger partial charge in [-0.25, -0.2) is 8.42 Å². The molecule has 5 nitrogen and oxygen atoms in total. The number of para-hydroxylation sites is 1. The third-order valence-corrected chi connectivity index (χ3v) is 5.19. The molecule has 0 spiro atoms. The lowest BCUT2D eigenvalue weighted by atomic mass is 9.98. The lowest BCUT2D eigenvalue weighted by Gasteiger charge is -2.22. The van der Waals surface area contributed by atoms with E-state index in [9.17, 15) is 13.2 Å². The topological polar surface area (TPSA) is 66.5 Å². The Bertz CT molecular complexity index is 667. The number of benzene rings is 1. The lowest BCUT2D eigenvalue weighted by Crippen LogP contribution is -2.38. The molecule has 1 aromatic rings. The zero-order chi connectivity index (χ0) is 18.5. The second-order valence-corrected chi connectivity index (χ2v) is 9.00. The highest BCUT2D eigenvalue weighted by atomic mass is 32.2. The number of amides is 1. The van der Waals surface area contributed by atoms with Crippen LogP contribution < -0.4 is 5.32 Å². The highest BCUT2D eigenvalue weighted by Crippen LogP contribution is 2.27. The standard InChI is InChI=1S/C18H30N2O3S/c1-13(2)10-11-20(24(6,22)23)12-17(21)19-18-15(5)8-7-9-16(18)14(3)4/h7-9,13-14H,10-12H2,1-6H3,(H,19,21). The van der Waals surface area contributed by atoms with Crippen molar-refractivity contribution < 1.29 is 13.2 Å². The SMILES string of the molecule is Cc1cccc(C(C)C)c1NC(=O)CN(CCC(C)C)S(C)(=O)=O. The molecule has 6 heteroatoms. The molecular formula is C18H30N2O3S. The van der Waals surface area contributed by atoms with Crippen LogP contribution in [0.4, 0.5) is 5.69 Å². The third kappa shape index (κ3) is 6.24. The van der Waals surface area contributed by atoms with Crippen molar-refractivity contribution in [3.63, 3.8) is 0 Å². The van der Waals surface area contributed by atoms with Gasteiger partial charge in [-0.1, -0.05) is 45.9 Å². The first-order chi connectivity index (χ1) is 11.0. The number of sulfonamides is 1. The van der Waals surface area contributed by atoms with Crippen LogP contribution in [-0.4, -0.2) is 38.0 Å². The lowest BCUT2D eigenvalue weighted by molar-refractivity contribution is -0.116.